The van der Waals surface area contributed by atoms with E-state index in [1.807, 2.05) is 48.0 Å². The molecule has 1 N–H and O–H groups in total. The third-order valence-corrected chi connectivity index (χ3v) is 4.21. The number of aromatic nitrogens is 1. The average molecular weight is 368 g/mol. The number of benzene rings is 2. The van der Waals surface area contributed by atoms with Crippen LogP contribution in [0.1, 0.15) is 21.6 Å². The van der Waals surface area contributed by atoms with E-state index in [4.69, 9.17) is 16.3 Å². The van der Waals surface area contributed by atoms with Crippen LogP contribution in [0.5, 0.6) is 5.75 Å². The van der Waals surface area contributed by atoms with Gasteiger partial charge in [0.15, 0.2) is 0 Å². The number of methoxy groups -OCH3 is 1. The Morgan fingerprint density at radius 1 is 1.19 bits per heavy atom. The Bertz CT molecular complexity index is 946. The van der Waals surface area contributed by atoms with Crippen LogP contribution in [-0.2, 0) is 0 Å². The number of carbonyl (C=O) groups excluding carboxylic acids is 1. The van der Waals surface area contributed by atoms with Gasteiger partial charge in [0, 0.05) is 23.1 Å². The number of hydrogen-bond acceptors (Lipinski definition) is 3. The predicted octanol–water partition coefficient (Wildman–Crippen LogP) is 4.21. The minimum absolute atomic E-state index is 0.349. The largest absolute Gasteiger partial charge is 0.497 e. The Morgan fingerprint density at radius 2 is 1.92 bits per heavy atom. The molecule has 0 saturated carbocycles. The highest BCUT2D eigenvalue weighted by Gasteiger charge is 2.08. The highest BCUT2D eigenvalue weighted by atomic mass is 35.5. The van der Waals surface area contributed by atoms with Crippen LogP contribution < -0.4 is 10.2 Å². The summed E-state index contributed by atoms with van der Waals surface area (Å²) >= 11 is 6.00. The van der Waals surface area contributed by atoms with Crippen molar-refractivity contribution < 1.29 is 9.53 Å². The zero-order chi connectivity index (χ0) is 18.5. The van der Waals surface area contributed by atoms with E-state index in [0.717, 1.165) is 22.7 Å². The lowest BCUT2D eigenvalue weighted by molar-refractivity contribution is 0.0955. The lowest BCUT2D eigenvalue weighted by Crippen LogP contribution is -2.17. The number of aryl methyl sites for hydroxylation is 1. The predicted molar refractivity (Wildman–Crippen MR) is 104 cm³/mol. The summed E-state index contributed by atoms with van der Waals surface area (Å²) in [5.41, 5.74) is 5.82. The summed E-state index contributed by atoms with van der Waals surface area (Å²) in [6.45, 7) is 2.00. The second kappa shape index (κ2) is 7.89. The van der Waals surface area contributed by atoms with Gasteiger partial charge in [-0.15, -0.1) is 0 Å². The summed E-state index contributed by atoms with van der Waals surface area (Å²) in [7, 11) is 1.64. The number of ether oxygens (including phenoxy) is 1. The van der Waals surface area contributed by atoms with Crippen molar-refractivity contribution in [2.75, 3.05) is 7.11 Å². The maximum Gasteiger partial charge on any atom is 0.272 e. The second-order valence-corrected chi connectivity index (χ2v) is 6.07. The SMILES string of the molecule is COc1ccc(-n2cc(/C=N\NC(=O)c3ccccc3Cl)cc2C)cc1. The Balaban J connectivity index is 1.71. The van der Waals surface area contributed by atoms with E-state index in [1.165, 1.54) is 0 Å². The lowest BCUT2D eigenvalue weighted by atomic mass is 10.2. The molecule has 0 bridgehead atoms. The molecule has 6 heteroatoms. The van der Waals surface area contributed by atoms with Gasteiger partial charge >= 0.3 is 0 Å². The first-order valence-electron chi connectivity index (χ1n) is 8.00. The van der Waals surface area contributed by atoms with E-state index in [9.17, 15) is 4.79 Å². The molecule has 2 aromatic carbocycles. The van der Waals surface area contributed by atoms with Gasteiger partial charge in [0.1, 0.15) is 5.75 Å². The van der Waals surface area contributed by atoms with Crippen molar-refractivity contribution in [2.24, 2.45) is 5.10 Å². The number of carbonyl (C=O) groups is 1. The van der Waals surface area contributed by atoms with Gasteiger partial charge in [-0.25, -0.2) is 5.43 Å². The standard InChI is InChI=1S/C20H18ClN3O2/c1-14-11-15(13-24(14)16-7-9-17(26-2)10-8-16)12-22-23-20(25)18-5-3-4-6-19(18)21/h3-13H,1-2H3,(H,23,25)/b22-12-. The van der Waals surface area contributed by atoms with Crippen LogP contribution in [0, 0.1) is 6.92 Å². The molecule has 0 atom stereocenters. The fraction of sp³-hybridized carbons (Fsp3) is 0.100. The molecular formula is C20H18ClN3O2. The highest BCUT2D eigenvalue weighted by Crippen LogP contribution is 2.18. The molecule has 132 valence electrons. The normalized spacial score (nSPS) is 10.9. The number of hydrazone groups is 1. The molecule has 0 aliphatic rings. The van der Waals surface area contributed by atoms with Crippen LogP contribution in [0.15, 0.2) is 65.9 Å². The van der Waals surface area contributed by atoms with Gasteiger partial charge in [0.2, 0.25) is 0 Å². The molecule has 0 spiro atoms. The zero-order valence-electron chi connectivity index (χ0n) is 14.4. The third-order valence-electron chi connectivity index (χ3n) is 3.88. The summed E-state index contributed by atoms with van der Waals surface area (Å²) in [4.78, 5) is 12.1. The maximum atomic E-state index is 12.1. The smallest absolute Gasteiger partial charge is 0.272 e. The van der Waals surface area contributed by atoms with Crippen molar-refractivity contribution in [3.63, 3.8) is 0 Å². The summed E-state index contributed by atoms with van der Waals surface area (Å²) in [6.07, 6.45) is 3.55. The Morgan fingerprint density at radius 3 is 2.62 bits per heavy atom. The highest BCUT2D eigenvalue weighted by molar-refractivity contribution is 6.33. The van der Waals surface area contributed by atoms with Crippen molar-refractivity contribution in [1.29, 1.82) is 0 Å². The molecule has 5 nitrogen and oxygen atoms in total. The molecule has 0 fully saturated rings. The van der Waals surface area contributed by atoms with E-state index >= 15 is 0 Å². The van der Waals surface area contributed by atoms with Crippen LogP contribution in [0.2, 0.25) is 5.02 Å². The topological polar surface area (TPSA) is 55.6 Å². The molecule has 26 heavy (non-hydrogen) atoms. The van der Waals surface area contributed by atoms with Crippen molar-refractivity contribution in [3.05, 3.63) is 82.6 Å². The summed E-state index contributed by atoms with van der Waals surface area (Å²) in [6, 6.07) is 16.6. The number of rotatable bonds is 5. The maximum absolute atomic E-state index is 12.1. The molecule has 0 aliphatic carbocycles. The number of halogens is 1. The molecule has 0 saturated heterocycles. The lowest BCUT2D eigenvalue weighted by Gasteiger charge is -2.06. The van der Waals surface area contributed by atoms with Crippen molar-refractivity contribution >= 4 is 23.7 Å². The van der Waals surface area contributed by atoms with Crippen LogP contribution >= 0.6 is 11.6 Å². The molecule has 0 radical (unpaired) electrons. The van der Waals surface area contributed by atoms with Gasteiger partial charge in [-0.05, 0) is 49.4 Å². The van der Waals surface area contributed by atoms with Gasteiger partial charge in [-0.3, -0.25) is 4.79 Å². The summed E-state index contributed by atoms with van der Waals surface area (Å²) in [5, 5.41) is 4.41. The van der Waals surface area contributed by atoms with Gasteiger partial charge in [-0.1, -0.05) is 23.7 Å². The van der Waals surface area contributed by atoms with E-state index in [1.54, 1.807) is 37.6 Å². The average Bonchev–Trinajstić information content (AvgIpc) is 3.02. The first-order valence-corrected chi connectivity index (χ1v) is 8.37. The minimum Gasteiger partial charge on any atom is -0.497 e. The molecule has 1 amide bonds. The first kappa shape index (κ1) is 17.8. The molecule has 3 rings (SSSR count). The monoisotopic (exact) mass is 367 g/mol. The zero-order valence-corrected chi connectivity index (χ0v) is 15.2. The van der Waals surface area contributed by atoms with E-state index in [-0.39, 0.29) is 5.91 Å². The van der Waals surface area contributed by atoms with Gasteiger partial charge in [0.25, 0.3) is 5.91 Å². The number of amides is 1. The Kier molecular flexibility index (Phi) is 5.39. The minimum atomic E-state index is -0.349. The fourth-order valence-corrected chi connectivity index (χ4v) is 2.78. The summed E-state index contributed by atoms with van der Waals surface area (Å²) < 4.78 is 7.22. The number of nitrogens with zero attached hydrogens (tertiary/aromatic N) is 2. The Hall–Kier alpha value is -3.05. The summed E-state index contributed by atoms with van der Waals surface area (Å²) in [5.74, 6) is 0.459. The van der Waals surface area contributed by atoms with Gasteiger partial charge in [-0.2, -0.15) is 5.10 Å². The quantitative estimate of drug-likeness (QED) is 0.542. The molecular weight excluding hydrogens is 350 g/mol. The molecule has 1 heterocycles. The van der Waals surface area contributed by atoms with Gasteiger partial charge < -0.3 is 9.30 Å². The van der Waals surface area contributed by atoms with Crippen molar-refractivity contribution in [3.8, 4) is 11.4 Å². The molecule has 0 aliphatic heterocycles. The van der Waals surface area contributed by atoms with Crippen LogP contribution in [-0.4, -0.2) is 23.8 Å². The fourth-order valence-electron chi connectivity index (χ4n) is 2.56. The van der Waals surface area contributed by atoms with Crippen molar-refractivity contribution in [1.82, 2.24) is 9.99 Å². The molecule has 3 aromatic rings. The number of nitrogens with one attached hydrogen (secondary N) is 1. The Labute approximate surface area is 156 Å². The second-order valence-electron chi connectivity index (χ2n) is 5.66. The van der Waals surface area contributed by atoms with E-state index in [0.29, 0.717) is 10.6 Å². The van der Waals surface area contributed by atoms with Crippen molar-refractivity contribution in [2.45, 2.75) is 6.92 Å². The van der Waals surface area contributed by atoms with Crippen LogP contribution in [0.3, 0.4) is 0 Å². The first-order chi connectivity index (χ1) is 12.6. The van der Waals surface area contributed by atoms with E-state index in [2.05, 4.69) is 10.5 Å². The van der Waals surface area contributed by atoms with Crippen LogP contribution in [0.4, 0.5) is 0 Å². The van der Waals surface area contributed by atoms with Gasteiger partial charge in [0.05, 0.1) is 23.9 Å². The molecule has 0 unspecified atom stereocenters. The molecule has 1 aromatic heterocycles. The number of hydrogen-bond donors (Lipinski definition) is 1. The van der Waals surface area contributed by atoms with E-state index < -0.39 is 0 Å². The van der Waals surface area contributed by atoms with Crippen LogP contribution in [0.25, 0.3) is 5.69 Å². The third kappa shape index (κ3) is 3.95.